The van der Waals surface area contributed by atoms with Crippen LogP contribution in [0.1, 0.15) is 45.0 Å². The lowest BCUT2D eigenvalue weighted by atomic mass is 9.73. The van der Waals surface area contributed by atoms with E-state index in [-0.39, 0.29) is 29.1 Å². The number of rotatable bonds is 6. The van der Waals surface area contributed by atoms with E-state index >= 15 is 0 Å². The Morgan fingerprint density at radius 1 is 1.31 bits per heavy atom. The van der Waals surface area contributed by atoms with Gasteiger partial charge in [0.15, 0.2) is 0 Å². The van der Waals surface area contributed by atoms with Crippen LogP contribution in [-0.4, -0.2) is 42.7 Å². The van der Waals surface area contributed by atoms with Crippen LogP contribution in [0.25, 0.3) is 10.6 Å². The first kappa shape index (κ1) is 24.9. The zero-order chi connectivity index (χ0) is 23.6. The maximum Gasteiger partial charge on any atom is 0.387 e. The number of aromatic nitrogens is 1. The first-order chi connectivity index (χ1) is 15.0. The van der Waals surface area contributed by atoms with E-state index in [0.29, 0.717) is 28.1 Å². The molecule has 3 rings (SSSR count). The van der Waals surface area contributed by atoms with Gasteiger partial charge in [0.2, 0.25) is 0 Å². The van der Waals surface area contributed by atoms with Crippen molar-refractivity contribution in [1.82, 2.24) is 9.88 Å². The maximum atomic E-state index is 12.8. The first-order valence-electron chi connectivity index (χ1n) is 10.5. The number of methoxy groups -OCH3 is 1. The summed E-state index contributed by atoms with van der Waals surface area (Å²) in [4.78, 5) is 20.1. The minimum Gasteiger partial charge on any atom is -0.469 e. The lowest BCUT2D eigenvalue weighted by Gasteiger charge is -2.44. The summed E-state index contributed by atoms with van der Waals surface area (Å²) in [5, 5.41) is 0.968. The number of thiazole rings is 1. The van der Waals surface area contributed by atoms with E-state index in [0.717, 1.165) is 17.8 Å². The molecule has 0 amide bonds. The van der Waals surface area contributed by atoms with Crippen LogP contribution < -0.4 is 4.74 Å². The highest BCUT2D eigenvalue weighted by molar-refractivity contribution is 7.15. The molecule has 5 nitrogen and oxygen atoms in total. The highest BCUT2D eigenvalue weighted by Gasteiger charge is 2.39. The molecule has 0 spiro atoms. The first-order valence-corrected chi connectivity index (χ1v) is 11.7. The van der Waals surface area contributed by atoms with Crippen molar-refractivity contribution < 1.29 is 23.0 Å². The van der Waals surface area contributed by atoms with Gasteiger partial charge in [0.05, 0.1) is 18.6 Å². The van der Waals surface area contributed by atoms with E-state index in [1.165, 1.54) is 30.6 Å². The van der Waals surface area contributed by atoms with Gasteiger partial charge in [-0.2, -0.15) is 8.78 Å². The maximum absolute atomic E-state index is 12.8. The van der Waals surface area contributed by atoms with Crippen LogP contribution in [0.15, 0.2) is 24.4 Å². The van der Waals surface area contributed by atoms with Crippen molar-refractivity contribution in [3.05, 3.63) is 34.3 Å². The summed E-state index contributed by atoms with van der Waals surface area (Å²) in [5.41, 5.74) is 0.478. The number of esters is 1. The van der Waals surface area contributed by atoms with Crippen molar-refractivity contribution in [3.8, 4) is 16.3 Å². The Morgan fingerprint density at radius 3 is 2.66 bits per heavy atom. The highest BCUT2D eigenvalue weighted by Crippen LogP contribution is 2.41. The number of benzene rings is 1. The van der Waals surface area contributed by atoms with E-state index in [4.69, 9.17) is 16.3 Å². The lowest BCUT2D eigenvalue weighted by Crippen LogP contribution is -2.47. The predicted octanol–water partition coefficient (Wildman–Crippen LogP) is 6.28. The molecular weight excluding hydrogens is 458 g/mol. The number of carbonyl (C=O) groups is 1. The van der Waals surface area contributed by atoms with Gasteiger partial charge in [-0.05, 0) is 42.9 Å². The number of alkyl halides is 2. The van der Waals surface area contributed by atoms with Crippen molar-refractivity contribution >= 4 is 28.9 Å². The van der Waals surface area contributed by atoms with Gasteiger partial charge in [0, 0.05) is 35.2 Å². The van der Waals surface area contributed by atoms with Crippen molar-refractivity contribution in [1.29, 1.82) is 0 Å². The second-order valence-corrected chi connectivity index (χ2v) is 10.7. The molecule has 1 fully saturated rings. The molecule has 9 heteroatoms. The van der Waals surface area contributed by atoms with Gasteiger partial charge in [0.25, 0.3) is 0 Å². The number of carbonyl (C=O) groups excluding carboxylic acids is 1. The van der Waals surface area contributed by atoms with Crippen molar-refractivity contribution in [2.45, 2.75) is 46.8 Å². The Bertz CT molecular complexity index is 948. The highest BCUT2D eigenvalue weighted by atomic mass is 35.5. The molecule has 1 aliphatic heterocycles. The minimum atomic E-state index is -2.94. The molecule has 32 heavy (non-hydrogen) atoms. The summed E-state index contributed by atoms with van der Waals surface area (Å²) in [5.74, 6) is -0.00991. The summed E-state index contributed by atoms with van der Waals surface area (Å²) in [6.45, 7) is 7.15. The molecule has 3 atom stereocenters. The van der Waals surface area contributed by atoms with Crippen molar-refractivity contribution in [2.24, 2.45) is 17.3 Å². The quantitative estimate of drug-likeness (QED) is 0.449. The van der Waals surface area contributed by atoms with Gasteiger partial charge in [-0.3, -0.25) is 9.69 Å². The molecule has 0 radical (unpaired) electrons. The average Bonchev–Trinajstić information content (AvgIpc) is 3.22. The van der Waals surface area contributed by atoms with Gasteiger partial charge in [-0.25, -0.2) is 4.98 Å². The van der Waals surface area contributed by atoms with Crippen LogP contribution >= 0.6 is 22.9 Å². The summed E-state index contributed by atoms with van der Waals surface area (Å²) >= 11 is 7.50. The summed E-state index contributed by atoms with van der Waals surface area (Å²) in [6, 6.07) is 4.51. The summed E-state index contributed by atoms with van der Waals surface area (Å²) in [6.07, 6.45) is 2.55. The fourth-order valence-corrected chi connectivity index (χ4v) is 5.26. The molecule has 0 N–H and O–H groups in total. The van der Waals surface area contributed by atoms with Gasteiger partial charge in [0.1, 0.15) is 10.8 Å². The molecule has 2 aromatic rings. The van der Waals surface area contributed by atoms with Crippen LogP contribution in [0.4, 0.5) is 8.78 Å². The average molecular weight is 487 g/mol. The van der Waals surface area contributed by atoms with Crippen molar-refractivity contribution in [2.75, 3.05) is 20.2 Å². The smallest absolute Gasteiger partial charge is 0.387 e. The molecule has 1 aromatic heterocycles. The second kappa shape index (κ2) is 10.0. The number of hydrogen-bond donors (Lipinski definition) is 0. The molecular formula is C23H29ClF2N2O3S. The number of halogens is 3. The van der Waals surface area contributed by atoms with Crippen LogP contribution in [0, 0.1) is 17.3 Å². The van der Waals surface area contributed by atoms with E-state index in [1.807, 2.05) is 0 Å². The standard InChI is InChI=1S/C23H29ClF2N2O3S/c1-13(28-11-14(21(29)30-5)8-15(12-28)23(2,3)4)19-10-27-20(32-19)17-9-16(24)6-7-18(17)31-22(25)26/h6-7,9-10,13-15,22H,8,11-12H2,1-5H3/t13?,14-,15-/m1/s1. The van der Waals surface area contributed by atoms with Gasteiger partial charge >= 0.3 is 12.6 Å². The summed E-state index contributed by atoms with van der Waals surface area (Å²) in [7, 11) is 1.43. The Morgan fingerprint density at radius 2 is 2.03 bits per heavy atom. The minimum absolute atomic E-state index is 0.00259. The molecule has 0 aliphatic carbocycles. The topological polar surface area (TPSA) is 51.7 Å². The molecule has 1 unspecified atom stereocenters. The van der Waals surface area contributed by atoms with Crippen LogP contribution in [-0.2, 0) is 9.53 Å². The number of likely N-dealkylation sites (tertiary alicyclic amines) is 1. The fraction of sp³-hybridized carbons (Fsp3) is 0.565. The number of ether oxygens (including phenoxy) is 2. The van der Waals surface area contributed by atoms with Gasteiger partial charge in [-0.15, -0.1) is 11.3 Å². The van der Waals surface area contributed by atoms with E-state index in [2.05, 4.69) is 42.3 Å². The third kappa shape index (κ3) is 5.77. The normalized spacial score (nSPS) is 20.9. The Balaban J connectivity index is 1.87. The molecule has 176 valence electrons. The number of hydrogen-bond acceptors (Lipinski definition) is 6. The SMILES string of the molecule is COC(=O)[C@@H]1C[C@@H](C(C)(C)C)CN(C(C)c2cnc(-c3cc(Cl)ccc3OC(F)F)s2)C1. The Labute approximate surface area is 196 Å². The number of nitrogens with zero attached hydrogens (tertiary/aromatic N) is 2. The van der Waals surface area contributed by atoms with Crippen LogP contribution in [0.2, 0.25) is 5.02 Å². The molecule has 0 bridgehead atoms. The van der Waals surface area contributed by atoms with Gasteiger partial charge < -0.3 is 9.47 Å². The molecule has 2 heterocycles. The Hall–Kier alpha value is -1.77. The molecule has 1 aliphatic rings. The predicted molar refractivity (Wildman–Crippen MR) is 122 cm³/mol. The second-order valence-electron chi connectivity index (χ2n) is 9.24. The van der Waals surface area contributed by atoms with Crippen LogP contribution in [0.5, 0.6) is 5.75 Å². The summed E-state index contributed by atoms with van der Waals surface area (Å²) < 4.78 is 35.4. The van der Waals surface area contributed by atoms with E-state index in [9.17, 15) is 13.6 Å². The zero-order valence-corrected chi connectivity index (χ0v) is 20.5. The monoisotopic (exact) mass is 486 g/mol. The molecule has 1 aromatic carbocycles. The van der Waals surface area contributed by atoms with E-state index < -0.39 is 6.61 Å². The zero-order valence-electron chi connectivity index (χ0n) is 18.9. The largest absolute Gasteiger partial charge is 0.469 e. The number of piperidine rings is 1. The fourth-order valence-electron chi connectivity index (χ4n) is 4.07. The molecule has 0 saturated carbocycles. The van der Waals surface area contributed by atoms with Gasteiger partial charge in [-0.1, -0.05) is 32.4 Å². The lowest BCUT2D eigenvalue weighted by molar-refractivity contribution is -0.149. The van der Waals surface area contributed by atoms with E-state index in [1.54, 1.807) is 12.3 Å². The van der Waals surface area contributed by atoms with Crippen molar-refractivity contribution in [3.63, 3.8) is 0 Å². The third-order valence-corrected chi connectivity index (χ3v) is 7.55. The molecule has 1 saturated heterocycles. The Kier molecular flexibility index (Phi) is 7.78. The third-order valence-electron chi connectivity index (χ3n) is 6.11. The van der Waals surface area contributed by atoms with Crippen LogP contribution in [0.3, 0.4) is 0 Å².